The monoisotopic (exact) mass is 981 g/mol. The Hall–Kier alpha value is -4.45. The number of esters is 3. The summed E-state index contributed by atoms with van der Waals surface area (Å²) in [6.45, 7) is 6.28. The Balaban J connectivity index is 4.13. The molecule has 0 rings (SSSR count). The van der Waals surface area contributed by atoms with Gasteiger partial charge in [0.2, 0.25) is 0 Å². The van der Waals surface area contributed by atoms with E-state index in [2.05, 4.69) is 142 Å². The quantitative estimate of drug-likeness (QED) is 0.0262. The van der Waals surface area contributed by atoms with Crippen LogP contribution in [-0.2, 0) is 28.6 Å². The van der Waals surface area contributed by atoms with E-state index >= 15 is 0 Å². The molecule has 0 spiro atoms. The van der Waals surface area contributed by atoms with E-state index in [-0.39, 0.29) is 31.6 Å². The zero-order valence-corrected chi connectivity index (χ0v) is 45.7. The van der Waals surface area contributed by atoms with Crippen LogP contribution in [0.25, 0.3) is 0 Å². The summed E-state index contributed by atoms with van der Waals surface area (Å²) < 4.78 is 16.7. The Morgan fingerprint density at radius 1 is 0.296 bits per heavy atom. The molecule has 1 atom stereocenters. The third-order valence-corrected chi connectivity index (χ3v) is 11.7. The first-order valence-corrected chi connectivity index (χ1v) is 28.7. The molecule has 400 valence electrons. The van der Waals surface area contributed by atoms with Gasteiger partial charge in [0.25, 0.3) is 0 Å². The van der Waals surface area contributed by atoms with Gasteiger partial charge < -0.3 is 14.2 Å². The number of hydrogen-bond donors (Lipinski definition) is 0. The van der Waals surface area contributed by atoms with Crippen molar-refractivity contribution in [3.63, 3.8) is 0 Å². The lowest BCUT2D eigenvalue weighted by atomic mass is 10.0. The van der Waals surface area contributed by atoms with Gasteiger partial charge in [-0.1, -0.05) is 251 Å². The molecule has 0 aliphatic carbocycles. The summed E-state index contributed by atoms with van der Waals surface area (Å²) in [5, 5.41) is 0. The normalized spacial score (nSPS) is 13.1. The molecule has 0 radical (unpaired) electrons. The van der Waals surface area contributed by atoms with E-state index in [1.54, 1.807) is 0 Å². The van der Waals surface area contributed by atoms with E-state index in [9.17, 15) is 14.4 Å². The van der Waals surface area contributed by atoms with Gasteiger partial charge >= 0.3 is 17.9 Å². The maximum Gasteiger partial charge on any atom is 0.306 e. The molecule has 6 heteroatoms. The van der Waals surface area contributed by atoms with E-state index in [0.717, 1.165) is 109 Å². The smallest absolute Gasteiger partial charge is 0.306 e. The van der Waals surface area contributed by atoms with Crippen LogP contribution in [0.2, 0.25) is 0 Å². The molecule has 1 unspecified atom stereocenters. The van der Waals surface area contributed by atoms with Gasteiger partial charge in [-0.05, 0) is 103 Å². The molecule has 0 N–H and O–H groups in total. The van der Waals surface area contributed by atoms with Gasteiger partial charge in [-0.25, -0.2) is 0 Å². The topological polar surface area (TPSA) is 78.9 Å². The summed E-state index contributed by atoms with van der Waals surface area (Å²) in [5.41, 5.74) is 0. The summed E-state index contributed by atoms with van der Waals surface area (Å²) in [5.74, 6) is -1.01. The third-order valence-electron chi connectivity index (χ3n) is 11.7. The first-order valence-electron chi connectivity index (χ1n) is 28.7. The number of carbonyl (C=O) groups excluding carboxylic acids is 3. The van der Waals surface area contributed by atoms with Crippen LogP contribution in [-0.4, -0.2) is 37.2 Å². The number of rotatable bonds is 50. The average molecular weight is 982 g/mol. The lowest BCUT2D eigenvalue weighted by Crippen LogP contribution is -2.30. The predicted octanol–water partition coefficient (Wildman–Crippen LogP) is 19.4. The number of allylic oxidation sites excluding steroid dienone is 22. The molecule has 0 amide bonds. The molecule has 0 aromatic rings. The molecule has 0 aromatic carbocycles. The highest BCUT2D eigenvalue weighted by molar-refractivity contribution is 5.71. The summed E-state index contributed by atoms with van der Waals surface area (Å²) in [6.07, 6.45) is 82.1. The Morgan fingerprint density at radius 3 is 0.915 bits per heavy atom. The van der Waals surface area contributed by atoms with Gasteiger partial charge in [-0.2, -0.15) is 0 Å². The fourth-order valence-corrected chi connectivity index (χ4v) is 7.44. The maximum absolute atomic E-state index is 12.7. The molecule has 0 fully saturated rings. The van der Waals surface area contributed by atoms with E-state index in [1.807, 2.05) is 12.2 Å². The Kier molecular flexibility index (Phi) is 54.5. The number of hydrogen-bond acceptors (Lipinski definition) is 6. The SMILES string of the molecule is CC/C=C\C/C=C\C/C=C\C/C=C\C/C=C\C/C=C\C/C=C\CCCCCCCCCCCCCC(=O)OCC(COC(=O)CCCCCCCCC)OC(=O)CC/C=C\C/C=C\C/C=C\C/C=C\CC. The Labute approximate surface area is 436 Å². The van der Waals surface area contributed by atoms with Crippen molar-refractivity contribution in [1.82, 2.24) is 0 Å². The van der Waals surface area contributed by atoms with Crippen LogP contribution < -0.4 is 0 Å². The van der Waals surface area contributed by atoms with Crippen LogP contribution in [0.3, 0.4) is 0 Å². The first kappa shape index (κ1) is 66.6. The average Bonchev–Trinajstić information content (AvgIpc) is 3.37. The van der Waals surface area contributed by atoms with Crippen molar-refractivity contribution in [2.75, 3.05) is 13.2 Å². The van der Waals surface area contributed by atoms with Gasteiger partial charge in [0.1, 0.15) is 13.2 Å². The molecular weight excluding hydrogens is 877 g/mol. The Bertz CT molecular complexity index is 1550. The molecule has 0 aromatic heterocycles. The number of ether oxygens (including phenoxy) is 3. The molecule has 0 heterocycles. The molecule has 0 bridgehead atoms. The summed E-state index contributed by atoms with van der Waals surface area (Å²) >= 11 is 0. The largest absolute Gasteiger partial charge is 0.462 e. The lowest BCUT2D eigenvalue weighted by molar-refractivity contribution is -0.166. The van der Waals surface area contributed by atoms with Crippen LogP contribution in [0.4, 0.5) is 0 Å². The highest BCUT2D eigenvalue weighted by Crippen LogP contribution is 2.14. The molecule has 71 heavy (non-hydrogen) atoms. The van der Waals surface area contributed by atoms with Crippen molar-refractivity contribution in [2.45, 2.75) is 245 Å². The van der Waals surface area contributed by atoms with Gasteiger partial charge in [-0.15, -0.1) is 0 Å². The Morgan fingerprint density at radius 2 is 0.577 bits per heavy atom. The van der Waals surface area contributed by atoms with E-state index in [1.165, 1.54) is 83.5 Å². The summed E-state index contributed by atoms with van der Waals surface area (Å²) in [6, 6.07) is 0. The second-order valence-corrected chi connectivity index (χ2v) is 18.4. The van der Waals surface area contributed by atoms with Crippen LogP contribution >= 0.6 is 0 Å². The zero-order valence-electron chi connectivity index (χ0n) is 45.7. The van der Waals surface area contributed by atoms with Crippen LogP contribution in [0.15, 0.2) is 134 Å². The van der Waals surface area contributed by atoms with E-state index in [4.69, 9.17) is 14.2 Å². The van der Waals surface area contributed by atoms with Gasteiger partial charge in [0.15, 0.2) is 6.10 Å². The van der Waals surface area contributed by atoms with E-state index in [0.29, 0.717) is 19.3 Å². The van der Waals surface area contributed by atoms with Crippen molar-refractivity contribution in [3.8, 4) is 0 Å². The van der Waals surface area contributed by atoms with Crippen molar-refractivity contribution >= 4 is 17.9 Å². The van der Waals surface area contributed by atoms with E-state index < -0.39 is 12.1 Å². The zero-order chi connectivity index (χ0) is 51.4. The van der Waals surface area contributed by atoms with Gasteiger partial charge in [-0.3, -0.25) is 14.4 Å². The fourth-order valence-electron chi connectivity index (χ4n) is 7.44. The molecule has 0 saturated heterocycles. The first-order chi connectivity index (χ1) is 35.0. The summed E-state index contributed by atoms with van der Waals surface area (Å²) in [7, 11) is 0. The van der Waals surface area contributed by atoms with Crippen LogP contribution in [0, 0.1) is 0 Å². The number of unbranched alkanes of at least 4 members (excludes halogenated alkanes) is 17. The van der Waals surface area contributed by atoms with Crippen LogP contribution in [0.5, 0.6) is 0 Å². The van der Waals surface area contributed by atoms with Crippen molar-refractivity contribution in [1.29, 1.82) is 0 Å². The minimum absolute atomic E-state index is 0.109. The van der Waals surface area contributed by atoms with Crippen molar-refractivity contribution in [2.24, 2.45) is 0 Å². The standard InChI is InChI=1S/C65H104O6/c1-4-7-10-13-16-18-20-22-23-24-25-26-27-28-29-30-31-32-33-34-35-36-37-38-39-40-41-43-44-46-49-52-55-58-64(67)70-61-62(60-69-63(66)57-54-51-48-15-12-9-6-3)71-65(68)59-56-53-50-47-45-42-21-19-17-14-11-8-5-2/h7-8,10-11,16-19,22-23,25-26,28-29,31-32,34-35,42,45,50,53,62H,4-6,9,12-15,20-21,24,27,30,33,36-41,43-44,46-49,51-52,54-61H2,1-3H3/b10-7-,11-8-,18-16-,19-17-,23-22-,26-25-,29-28-,32-31-,35-34-,45-42-,53-50-. The molecule has 6 nitrogen and oxygen atoms in total. The highest BCUT2D eigenvalue weighted by atomic mass is 16.6. The molecule has 0 aliphatic heterocycles. The maximum atomic E-state index is 12.7. The third kappa shape index (κ3) is 56.3. The van der Waals surface area contributed by atoms with Gasteiger partial charge in [0.05, 0.1) is 0 Å². The summed E-state index contributed by atoms with van der Waals surface area (Å²) in [4.78, 5) is 37.8. The minimum Gasteiger partial charge on any atom is -0.462 e. The number of carbonyl (C=O) groups is 3. The van der Waals surface area contributed by atoms with Crippen LogP contribution in [0.1, 0.15) is 239 Å². The molecular formula is C65H104O6. The second-order valence-electron chi connectivity index (χ2n) is 18.4. The predicted molar refractivity (Wildman–Crippen MR) is 306 cm³/mol. The minimum atomic E-state index is -0.816. The van der Waals surface area contributed by atoms with Gasteiger partial charge in [0, 0.05) is 19.3 Å². The van der Waals surface area contributed by atoms with Crippen molar-refractivity contribution < 1.29 is 28.6 Å². The molecule has 0 aliphatic rings. The fraction of sp³-hybridized carbons (Fsp3) is 0.615. The van der Waals surface area contributed by atoms with Crippen molar-refractivity contribution in [3.05, 3.63) is 134 Å². The second kappa shape index (κ2) is 58.1. The molecule has 0 saturated carbocycles. The lowest BCUT2D eigenvalue weighted by Gasteiger charge is -2.18. The highest BCUT2D eigenvalue weighted by Gasteiger charge is 2.19.